The predicted octanol–water partition coefficient (Wildman–Crippen LogP) is 1.93. The van der Waals surface area contributed by atoms with Crippen molar-refractivity contribution in [1.82, 2.24) is 9.47 Å². The van der Waals surface area contributed by atoms with E-state index in [0.717, 1.165) is 31.4 Å². The number of benzene rings is 1. The van der Waals surface area contributed by atoms with E-state index in [9.17, 15) is 23.5 Å². The number of carbonyl (C=O) groups is 1. The summed E-state index contributed by atoms with van der Waals surface area (Å²) in [6.45, 7) is 0.525. The Hall–Kier alpha value is -3.40. The van der Waals surface area contributed by atoms with Crippen molar-refractivity contribution < 1.29 is 24.0 Å². The van der Waals surface area contributed by atoms with E-state index in [4.69, 9.17) is 5.53 Å². The van der Waals surface area contributed by atoms with Gasteiger partial charge in [-0.25, -0.2) is 14.3 Å². The summed E-state index contributed by atoms with van der Waals surface area (Å²) >= 11 is 0. The number of hydrogen-bond donors (Lipinski definition) is 3. The first-order chi connectivity index (χ1) is 14.8. The average Bonchev–Trinajstić information content (AvgIpc) is 2.71. The van der Waals surface area contributed by atoms with E-state index in [2.05, 4.69) is 5.11 Å². The number of nitrogens with one attached hydrogen (secondary N) is 1. The Bertz CT molecular complexity index is 1170. The van der Waals surface area contributed by atoms with Gasteiger partial charge in [-0.15, -0.1) is 0 Å². The van der Waals surface area contributed by atoms with Gasteiger partial charge in [-0.2, -0.15) is 5.11 Å². The molecule has 4 rings (SSSR count). The van der Waals surface area contributed by atoms with Crippen LogP contribution in [-0.4, -0.2) is 33.1 Å². The third-order valence-electron chi connectivity index (χ3n) is 6.25. The normalized spacial score (nSPS) is 17.5. The van der Waals surface area contributed by atoms with Gasteiger partial charge in [0.05, 0.1) is 11.1 Å². The van der Waals surface area contributed by atoms with Gasteiger partial charge in [-0.1, -0.05) is 0 Å². The molecular formula is C21H22F2N5O3+. The maximum atomic E-state index is 13.8. The maximum absolute atomic E-state index is 13.8. The number of pyridine rings is 1. The van der Waals surface area contributed by atoms with Crippen molar-refractivity contribution in [3.05, 3.63) is 69.3 Å². The van der Waals surface area contributed by atoms with Crippen LogP contribution >= 0.6 is 0 Å². The zero-order valence-electron chi connectivity index (χ0n) is 16.9. The molecule has 10 heteroatoms. The molecule has 162 valence electrons. The van der Waals surface area contributed by atoms with Gasteiger partial charge in [-0.05, 0) is 31.4 Å². The summed E-state index contributed by atoms with van der Waals surface area (Å²) in [6, 6.07) is 3.23. The van der Waals surface area contributed by atoms with Gasteiger partial charge in [-0.3, -0.25) is 9.59 Å². The average molecular weight is 430 g/mol. The highest BCUT2D eigenvalue weighted by molar-refractivity contribution is 5.96. The number of nitrogens with zero attached hydrogens (tertiary/aromatic N) is 3. The second kappa shape index (κ2) is 7.69. The molecule has 1 spiro atoms. The van der Waals surface area contributed by atoms with Crippen LogP contribution in [0, 0.1) is 17.2 Å². The molecule has 1 aromatic carbocycles. The summed E-state index contributed by atoms with van der Waals surface area (Å²) in [7, 11) is 1.68. The van der Waals surface area contributed by atoms with Crippen molar-refractivity contribution in [2.24, 2.45) is 5.11 Å². The molecule has 0 radical (unpaired) electrons. The molecule has 0 atom stereocenters. The highest BCUT2D eigenvalue weighted by Gasteiger charge is 2.48. The van der Waals surface area contributed by atoms with Gasteiger partial charge in [0.25, 0.3) is 5.91 Å². The fraction of sp³-hybridized carbons (Fsp3) is 0.333. The van der Waals surface area contributed by atoms with E-state index in [1.165, 1.54) is 23.8 Å². The van der Waals surface area contributed by atoms with E-state index in [1.54, 1.807) is 16.5 Å². The number of aromatic hydroxyl groups is 1. The Morgan fingerprint density at radius 2 is 2.10 bits per heavy atom. The smallest absolute Gasteiger partial charge is 0.274 e. The second-order valence-corrected chi connectivity index (χ2v) is 7.98. The highest BCUT2D eigenvalue weighted by atomic mass is 19.1. The SMILES string of the molecule is CN1C(=O)c2c(O)c(=O)c(/C(=C/[NH2+]Cc3ccc(F)cc3F)N=N)cn2CC12CCC2. The van der Waals surface area contributed by atoms with Crippen LogP contribution in [0.5, 0.6) is 5.75 Å². The van der Waals surface area contributed by atoms with Gasteiger partial charge in [0.1, 0.15) is 24.4 Å². The van der Waals surface area contributed by atoms with Gasteiger partial charge in [0, 0.05) is 31.4 Å². The van der Waals surface area contributed by atoms with Crippen molar-refractivity contribution >= 4 is 11.6 Å². The molecule has 4 N–H and O–H groups in total. The van der Waals surface area contributed by atoms with Gasteiger partial charge in [0.15, 0.2) is 17.1 Å². The lowest BCUT2D eigenvalue weighted by atomic mass is 9.74. The number of amides is 1. The summed E-state index contributed by atoms with van der Waals surface area (Å²) in [5.41, 5.74) is 6.43. The van der Waals surface area contributed by atoms with Crippen LogP contribution in [-0.2, 0) is 13.1 Å². The topological polar surface area (TPSA) is 115 Å². The summed E-state index contributed by atoms with van der Waals surface area (Å²) in [4.78, 5) is 27.1. The lowest BCUT2D eigenvalue weighted by Crippen LogP contribution is -2.76. The minimum Gasteiger partial charge on any atom is -0.503 e. The van der Waals surface area contributed by atoms with Crippen LogP contribution in [0.1, 0.15) is 40.9 Å². The Morgan fingerprint density at radius 1 is 1.35 bits per heavy atom. The zero-order valence-corrected chi connectivity index (χ0v) is 16.9. The van der Waals surface area contributed by atoms with E-state index in [-0.39, 0.29) is 34.6 Å². The molecule has 8 nitrogen and oxygen atoms in total. The monoisotopic (exact) mass is 430 g/mol. The molecule has 2 heterocycles. The van der Waals surface area contributed by atoms with Crippen LogP contribution in [0.25, 0.3) is 5.70 Å². The summed E-state index contributed by atoms with van der Waals surface area (Å²) in [5, 5.41) is 15.4. The third-order valence-corrected chi connectivity index (χ3v) is 6.25. The van der Waals surface area contributed by atoms with E-state index < -0.39 is 28.7 Å². The Labute approximate surface area is 176 Å². The number of rotatable bonds is 5. The quantitative estimate of drug-likeness (QED) is 0.630. The van der Waals surface area contributed by atoms with Crippen molar-refractivity contribution in [2.75, 3.05) is 7.05 Å². The number of quaternary nitrogens is 1. The minimum atomic E-state index is -0.804. The van der Waals surface area contributed by atoms with E-state index in [0.29, 0.717) is 6.54 Å². The zero-order chi connectivity index (χ0) is 22.3. The Morgan fingerprint density at radius 3 is 2.71 bits per heavy atom. The molecule has 2 aliphatic rings. The first-order valence-electron chi connectivity index (χ1n) is 9.87. The molecule has 1 aliphatic carbocycles. The molecule has 1 aromatic heterocycles. The van der Waals surface area contributed by atoms with Gasteiger partial charge in [0.2, 0.25) is 5.43 Å². The lowest BCUT2D eigenvalue weighted by molar-refractivity contribution is -0.604. The van der Waals surface area contributed by atoms with Crippen molar-refractivity contribution in [1.29, 1.82) is 5.53 Å². The lowest BCUT2D eigenvalue weighted by Gasteiger charge is -2.52. The van der Waals surface area contributed by atoms with Crippen LogP contribution in [0.15, 0.2) is 40.5 Å². The summed E-state index contributed by atoms with van der Waals surface area (Å²) in [5.74, 6) is -2.48. The van der Waals surface area contributed by atoms with E-state index in [1.807, 2.05) is 0 Å². The van der Waals surface area contributed by atoms with Gasteiger partial charge < -0.3 is 19.9 Å². The molecule has 2 aromatic rings. The van der Waals surface area contributed by atoms with Crippen molar-refractivity contribution in [2.45, 2.75) is 37.9 Å². The number of aromatic nitrogens is 1. The van der Waals surface area contributed by atoms with Crippen LogP contribution in [0.3, 0.4) is 0 Å². The molecule has 0 saturated heterocycles. The molecule has 0 unspecified atom stereocenters. The molecule has 1 amide bonds. The summed E-state index contributed by atoms with van der Waals surface area (Å²) in [6.07, 6.45) is 5.47. The Kier molecular flexibility index (Phi) is 5.18. The molecular weight excluding hydrogens is 408 g/mol. The van der Waals surface area contributed by atoms with Crippen LogP contribution in [0.4, 0.5) is 8.78 Å². The number of hydrogen-bond acceptors (Lipinski definition) is 5. The number of carbonyl (C=O) groups excluding carboxylic acids is 1. The first kappa shape index (κ1) is 20.9. The number of fused-ring (bicyclic) bond motifs is 1. The summed E-state index contributed by atoms with van der Waals surface area (Å²) < 4.78 is 28.4. The standard InChI is InChI=1S/C21H21F2N5O3/c1-27-20(31)17-19(30)18(29)14(10-28(17)11-21(27)5-2-6-21)16(26-24)9-25-8-12-3-4-13(22)7-15(12)23/h3-4,7,9-10,24-25,30H,2,5-6,8,11H2,1H3/p+1/b16-9-,26-24?. The molecule has 31 heavy (non-hydrogen) atoms. The second-order valence-electron chi connectivity index (χ2n) is 7.98. The molecule has 1 fully saturated rings. The molecule has 1 aliphatic heterocycles. The molecule has 1 saturated carbocycles. The number of nitrogens with two attached hydrogens (primary N) is 1. The number of halogens is 2. The highest BCUT2D eigenvalue weighted by Crippen LogP contribution is 2.42. The largest absolute Gasteiger partial charge is 0.503 e. The maximum Gasteiger partial charge on any atom is 0.274 e. The van der Waals surface area contributed by atoms with E-state index >= 15 is 0 Å². The molecule has 0 bridgehead atoms. The Balaban J connectivity index is 1.67. The minimum absolute atomic E-state index is 0.0288. The van der Waals surface area contributed by atoms with Crippen molar-refractivity contribution in [3.63, 3.8) is 0 Å². The fourth-order valence-corrected chi connectivity index (χ4v) is 4.23. The van der Waals surface area contributed by atoms with Crippen molar-refractivity contribution in [3.8, 4) is 5.75 Å². The fourth-order valence-electron chi connectivity index (χ4n) is 4.23. The first-order valence-corrected chi connectivity index (χ1v) is 9.87. The van der Waals surface area contributed by atoms with Crippen LogP contribution in [0.2, 0.25) is 0 Å². The van der Waals surface area contributed by atoms with Crippen LogP contribution < -0.4 is 10.7 Å². The number of likely N-dealkylation sites (N-methyl/N-ethyl adjacent to an activating group) is 1. The van der Waals surface area contributed by atoms with Gasteiger partial charge >= 0.3 is 0 Å². The third kappa shape index (κ3) is 3.42. The predicted molar refractivity (Wildman–Crippen MR) is 106 cm³/mol.